The molecule has 0 spiro atoms. The molecule has 2 saturated heterocycles. The van der Waals surface area contributed by atoms with Gasteiger partial charge in [-0.15, -0.1) is 0 Å². The van der Waals surface area contributed by atoms with E-state index in [9.17, 15) is 9.59 Å². The van der Waals surface area contributed by atoms with E-state index in [0.717, 1.165) is 70.9 Å². The molecule has 2 aliphatic heterocycles. The predicted octanol–water partition coefficient (Wildman–Crippen LogP) is 3.38. The largest absolute Gasteiger partial charge is 0.341 e. The van der Waals surface area contributed by atoms with Gasteiger partial charge in [-0.1, -0.05) is 33.6 Å². The van der Waals surface area contributed by atoms with Crippen LogP contribution in [-0.4, -0.2) is 71.8 Å². The van der Waals surface area contributed by atoms with Crippen LogP contribution in [0.15, 0.2) is 0 Å². The van der Waals surface area contributed by atoms with E-state index in [0.29, 0.717) is 17.7 Å². The second kappa shape index (κ2) is 10.1. The molecule has 0 aromatic heterocycles. The highest BCUT2D eigenvalue weighted by atomic mass is 16.2. The summed E-state index contributed by atoms with van der Waals surface area (Å²) in [5, 5.41) is 0. The van der Waals surface area contributed by atoms with Gasteiger partial charge in [-0.05, 0) is 50.4 Å². The van der Waals surface area contributed by atoms with E-state index >= 15 is 0 Å². The Balaban J connectivity index is 1.63. The van der Waals surface area contributed by atoms with E-state index < -0.39 is 0 Å². The first-order valence-corrected chi connectivity index (χ1v) is 11.9. The number of carbonyl (C=O) groups is 2. The molecule has 2 heterocycles. The molecule has 3 aliphatic rings. The molecule has 1 aliphatic carbocycles. The molecule has 28 heavy (non-hydrogen) atoms. The van der Waals surface area contributed by atoms with Gasteiger partial charge in [0.2, 0.25) is 11.8 Å². The number of likely N-dealkylation sites (tertiary alicyclic amines) is 1. The van der Waals surface area contributed by atoms with Crippen molar-refractivity contribution < 1.29 is 9.59 Å². The molecule has 160 valence electrons. The lowest BCUT2D eigenvalue weighted by Crippen LogP contribution is -2.59. The normalized spacial score (nSPS) is 24.1. The maximum absolute atomic E-state index is 13.5. The lowest BCUT2D eigenvalue weighted by molar-refractivity contribution is -0.143. The third-order valence-electron chi connectivity index (χ3n) is 7.55. The van der Waals surface area contributed by atoms with Gasteiger partial charge in [-0.25, -0.2) is 0 Å². The lowest BCUT2D eigenvalue weighted by atomic mass is 9.92. The predicted molar refractivity (Wildman–Crippen MR) is 113 cm³/mol. The molecule has 3 rings (SSSR count). The minimum Gasteiger partial charge on any atom is -0.341 e. The van der Waals surface area contributed by atoms with Gasteiger partial charge in [0.15, 0.2) is 0 Å². The van der Waals surface area contributed by atoms with E-state index in [4.69, 9.17) is 0 Å². The van der Waals surface area contributed by atoms with Crippen molar-refractivity contribution in [2.45, 2.75) is 78.2 Å². The van der Waals surface area contributed by atoms with Crippen LogP contribution in [0.3, 0.4) is 0 Å². The van der Waals surface area contributed by atoms with Crippen molar-refractivity contribution in [1.29, 1.82) is 0 Å². The third kappa shape index (κ3) is 4.90. The summed E-state index contributed by atoms with van der Waals surface area (Å²) in [5.74, 6) is 2.10. The van der Waals surface area contributed by atoms with Crippen LogP contribution in [0.5, 0.6) is 0 Å². The summed E-state index contributed by atoms with van der Waals surface area (Å²) in [6, 6.07) is 0.0429. The molecule has 0 radical (unpaired) electrons. The van der Waals surface area contributed by atoms with Crippen LogP contribution < -0.4 is 0 Å². The maximum atomic E-state index is 13.5. The van der Waals surface area contributed by atoms with Crippen LogP contribution in [0.1, 0.15) is 72.1 Å². The zero-order valence-electron chi connectivity index (χ0n) is 18.4. The van der Waals surface area contributed by atoms with Crippen molar-refractivity contribution in [3.63, 3.8) is 0 Å². The minimum absolute atomic E-state index is 0.0429. The molecule has 5 heteroatoms. The number of amides is 2. The number of hydrogen-bond acceptors (Lipinski definition) is 3. The topological polar surface area (TPSA) is 43.9 Å². The number of rotatable bonds is 6. The molecule has 5 nitrogen and oxygen atoms in total. The van der Waals surface area contributed by atoms with E-state index in [1.54, 1.807) is 0 Å². The number of nitrogens with zero attached hydrogens (tertiary/aromatic N) is 3. The first kappa shape index (κ1) is 21.6. The fraction of sp³-hybridized carbons (Fsp3) is 0.913. The molecule has 0 N–H and O–H groups in total. The Labute approximate surface area is 171 Å². The average Bonchev–Trinajstić information content (AvgIpc) is 3.24. The molecule has 1 saturated carbocycles. The van der Waals surface area contributed by atoms with Gasteiger partial charge in [0.05, 0.1) is 6.04 Å². The molecule has 0 bridgehead atoms. The minimum atomic E-state index is 0.0429. The number of hydrogen-bond donors (Lipinski definition) is 0. The van der Waals surface area contributed by atoms with E-state index in [2.05, 4.69) is 30.6 Å². The van der Waals surface area contributed by atoms with Crippen molar-refractivity contribution >= 4 is 11.8 Å². The molecule has 0 aromatic carbocycles. The Bertz CT molecular complexity index is 512. The molecular formula is C23H41N3O2. The van der Waals surface area contributed by atoms with Crippen molar-refractivity contribution in [1.82, 2.24) is 14.7 Å². The first-order chi connectivity index (χ1) is 13.5. The smallest absolute Gasteiger partial charge is 0.240 e. The monoisotopic (exact) mass is 391 g/mol. The molecule has 1 unspecified atom stereocenters. The standard InChI is InChI=1S/C23H41N3O2/c1-4-19(5-2)22(27)26-16-14-24(15-17-26)21(20-8-6-7-9-20)23(28)25-12-10-18(3)11-13-25/h18-21H,4-17H2,1-3H3. The van der Waals surface area contributed by atoms with Gasteiger partial charge in [-0.3, -0.25) is 14.5 Å². The Morgan fingerprint density at radius 2 is 1.32 bits per heavy atom. The molecule has 2 amide bonds. The Morgan fingerprint density at radius 3 is 1.86 bits per heavy atom. The Hall–Kier alpha value is -1.10. The van der Waals surface area contributed by atoms with Crippen LogP contribution in [0.2, 0.25) is 0 Å². The average molecular weight is 392 g/mol. The van der Waals surface area contributed by atoms with E-state index in [-0.39, 0.29) is 12.0 Å². The van der Waals surface area contributed by atoms with Gasteiger partial charge in [-0.2, -0.15) is 0 Å². The Kier molecular flexibility index (Phi) is 7.78. The summed E-state index contributed by atoms with van der Waals surface area (Å²) < 4.78 is 0. The zero-order valence-corrected chi connectivity index (χ0v) is 18.4. The van der Waals surface area contributed by atoms with Gasteiger partial charge < -0.3 is 9.80 Å². The van der Waals surface area contributed by atoms with E-state index in [1.807, 2.05) is 4.90 Å². The van der Waals surface area contributed by atoms with Crippen LogP contribution in [0.25, 0.3) is 0 Å². The molecule has 1 atom stereocenters. The summed E-state index contributed by atoms with van der Waals surface area (Å²) in [5.41, 5.74) is 0. The highest BCUT2D eigenvalue weighted by molar-refractivity contribution is 5.82. The van der Waals surface area contributed by atoms with Crippen molar-refractivity contribution in [2.75, 3.05) is 39.3 Å². The lowest BCUT2D eigenvalue weighted by Gasteiger charge is -2.44. The number of piperidine rings is 1. The van der Waals surface area contributed by atoms with Crippen molar-refractivity contribution in [3.05, 3.63) is 0 Å². The molecule has 3 fully saturated rings. The third-order valence-corrected chi connectivity index (χ3v) is 7.55. The zero-order chi connectivity index (χ0) is 20.1. The van der Waals surface area contributed by atoms with Crippen LogP contribution in [-0.2, 0) is 9.59 Å². The van der Waals surface area contributed by atoms with Gasteiger partial charge in [0.25, 0.3) is 0 Å². The molecular weight excluding hydrogens is 350 g/mol. The van der Waals surface area contributed by atoms with Crippen LogP contribution in [0.4, 0.5) is 0 Å². The molecule has 0 aromatic rings. The second-order valence-corrected chi connectivity index (χ2v) is 9.37. The summed E-state index contributed by atoms with van der Waals surface area (Å²) >= 11 is 0. The quantitative estimate of drug-likeness (QED) is 0.697. The van der Waals surface area contributed by atoms with Gasteiger partial charge in [0.1, 0.15) is 0 Å². The maximum Gasteiger partial charge on any atom is 0.240 e. The van der Waals surface area contributed by atoms with Crippen LogP contribution in [0, 0.1) is 17.8 Å². The number of carbonyl (C=O) groups excluding carboxylic acids is 2. The number of piperazine rings is 1. The van der Waals surface area contributed by atoms with Gasteiger partial charge in [0, 0.05) is 45.2 Å². The SMILES string of the molecule is CCC(CC)C(=O)N1CCN(C(C(=O)N2CCC(C)CC2)C2CCCC2)CC1. The summed E-state index contributed by atoms with van der Waals surface area (Å²) in [4.78, 5) is 32.9. The second-order valence-electron chi connectivity index (χ2n) is 9.37. The Morgan fingerprint density at radius 1 is 0.786 bits per heavy atom. The van der Waals surface area contributed by atoms with Gasteiger partial charge >= 0.3 is 0 Å². The summed E-state index contributed by atoms with van der Waals surface area (Å²) in [6.45, 7) is 11.6. The van der Waals surface area contributed by atoms with E-state index in [1.165, 1.54) is 25.7 Å². The highest BCUT2D eigenvalue weighted by Gasteiger charge is 2.40. The fourth-order valence-corrected chi connectivity index (χ4v) is 5.46. The first-order valence-electron chi connectivity index (χ1n) is 11.9. The van der Waals surface area contributed by atoms with Crippen molar-refractivity contribution in [2.24, 2.45) is 17.8 Å². The highest BCUT2D eigenvalue weighted by Crippen LogP contribution is 2.33. The summed E-state index contributed by atoms with van der Waals surface area (Å²) in [6.07, 6.45) is 9.03. The van der Waals surface area contributed by atoms with Crippen LogP contribution >= 0.6 is 0 Å². The van der Waals surface area contributed by atoms with Crippen molar-refractivity contribution in [3.8, 4) is 0 Å². The summed E-state index contributed by atoms with van der Waals surface area (Å²) in [7, 11) is 0. The fourth-order valence-electron chi connectivity index (χ4n) is 5.46.